The van der Waals surface area contributed by atoms with Crippen molar-refractivity contribution in [3.05, 3.63) is 35.6 Å². The van der Waals surface area contributed by atoms with Crippen LogP contribution in [0.5, 0.6) is 0 Å². The molecule has 0 fully saturated rings. The van der Waals surface area contributed by atoms with Crippen LogP contribution in [0.3, 0.4) is 0 Å². The molecule has 0 aliphatic heterocycles. The predicted molar refractivity (Wildman–Crippen MR) is 98.8 cm³/mol. The van der Waals surface area contributed by atoms with Gasteiger partial charge in [-0.3, -0.25) is 9.79 Å². The number of carbonyl (C=O) groups is 1. The normalized spacial score (nSPS) is 11.5. The maximum Gasteiger partial charge on any atom is 0.390 e. The quantitative estimate of drug-likeness (QED) is 0.187. The summed E-state index contributed by atoms with van der Waals surface area (Å²) in [5.74, 6) is -0.958. The van der Waals surface area contributed by atoms with Crippen LogP contribution in [0.15, 0.2) is 29.3 Å². The molecule has 0 unspecified atom stereocenters. The molecule has 0 saturated heterocycles. The third kappa shape index (κ3) is 10.1. The van der Waals surface area contributed by atoms with E-state index in [0.29, 0.717) is 6.54 Å². The lowest BCUT2D eigenvalue weighted by molar-refractivity contribution is -0.132. The average molecular weight is 476 g/mol. The van der Waals surface area contributed by atoms with E-state index in [9.17, 15) is 22.4 Å². The highest BCUT2D eigenvalue weighted by molar-refractivity contribution is 14.0. The molecule has 0 aromatic heterocycles. The van der Waals surface area contributed by atoms with Crippen LogP contribution >= 0.6 is 24.0 Å². The van der Waals surface area contributed by atoms with Crippen molar-refractivity contribution in [3.8, 4) is 0 Å². The minimum Gasteiger partial charge on any atom is -0.357 e. The van der Waals surface area contributed by atoms with E-state index in [2.05, 4.69) is 20.9 Å². The van der Waals surface area contributed by atoms with Gasteiger partial charge in [0.05, 0.1) is 18.5 Å². The van der Waals surface area contributed by atoms with Crippen LogP contribution < -0.4 is 16.0 Å². The van der Waals surface area contributed by atoms with Crippen molar-refractivity contribution >= 4 is 35.8 Å². The number of carbonyl (C=O) groups excluding carboxylic acids is 1. The van der Waals surface area contributed by atoms with Crippen molar-refractivity contribution in [1.29, 1.82) is 0 Å². The fourth-order valence-electron chi connectivity index (χ4n) is 1.73. The van der Waals surface area contributed by atoms with Crippen LogP contribution in [0.25, 0.3) is 0 Å². The number of alkyl halides is 3. The van der Waals surface area contributed by atoms with Gasteiger partial charge in [0.1, 0.15) is 5.82 Å². The fourth-order valence-corrected chi connectivity index (χ4v) is 1.73. The van der Waals surface area contributed by atoms with Crippen molar-refractivity contribution in [2.45, 2.75) is 19.5 Å². The minimum absolute atomic E-state index is 0. The van der Waals surface area contributed by atoms with Crippen LogP contribution in [0.2, 0.25) is 0 Å². The van der Waals surface area contributed by atoms with E-state index in [1.165, 1.54) is 18.2 Å². The van der Waals surface area contributed by atoms with Crippen LogP contribution in [0.1, 0.15) is 23.7 Å². The SMILES string of the molecule is CCNC(=NCCC(F)(F)F)NCCNC(=O)c1ccccc1F.I. The Hall–Kier alpha value is -1.59. The predicted octanol–water partition coefficient (Wildman–Crippen LogP) is 2.68. The smallest absolute Gasteiger partial charge is 0.357 e. The average Bonchev–Trinajstić information content (AvgIpc) is 2.50. The zero-order valence-corrected chi connectivity index (χ0v) is 16.0. The first-order valence-electron chi connectivity index (χ1n) is 7.45. The molecule has 1 rings (SSSR count). The number of rotatable bonds is 7. The molecule has 10 heteroatoms. The van der Waals surface area contributed by atoms with E-state index in [1.807, 2.05) is 0 Å². The summed E-state index contributed by atoms with van der Waals surface area (Å²) >= 11 is 0. The number of aliphatic imine (C=N–C) groups is 1. The van der Waals surface area contributed by atoms with Crippen molar-refractivity contribution in [2.75, 3.05) is 26.2 Å². The summed E-state index contributed by atoms with van der Waals surface area (Å²) in [5, 5.41) is 8.10. The highest BCUT2D eigenvalue weighted by Crippen LogP contribution is 2.18. The van der Waals surface area contributed by atoms with E-state index >= 15 is 0 Å². The van der Waals surface area contributed by atoms with E-state index in [0.717, 1.165) is 0 Å². The molecule has 1 amide bonds. The molecule has 142 valence electrons. The lowest BCUT2D eigenvalue weighted by atomic mass is 10.2. The molecule has 0 atom stereocenters. The Bertz CT molecular complexity index is 567. The first kappa shape index (κ1) is 23.4. The van der Waals surface area contributed by atoms with Gasteiger partial charge < -0.3 is 16.0 Å². The zero-order valence-electron chi connectivity index (χ0n) is 13.6. The topological polar surface area (TPSA) is 65.5 Å². The lowest BCUT2D eigenvalue weighted by Crippen LogP contribution is -2.41. The van der Waals surface area contributed by atoms with Gasteiger partial charge in [-0.2, -0.15) is 13.2 Å². The molecule has 0 saturated carbocycles. The van der Waals surface area contributed by atoms with E-state index in [4.69, 9.17) is 0 Å². The Kier molecular flexibility index (Phi) is 11.1. The number of nitrogens with zero attached hydrogens (tertiary/aromatic N) is 1. The number of nitrogens with one attached hydrogen (secondary N) is 3. The van der Waals surface area contributed by atoms with Crippen molar-refractivity contribution < 1.29 is 22.4 Å². The van der Waals surface area contributed by atoms with Crippen LogP contribution in [-0.2, 0) is 0 Å². The summed E-state index contributed by atoms with van der Waals surface area (Å²) in [6.45, 7) is 2.27. The van der Waals surface area contributed by atoms with Gasteiger partial charge in [0.25, 0.3) is 5.91 Å². The number of hydrogen-bond acceptors (Lipinski definition) is 2. The van der Waals surface area contributed by atoms with Gasteiger partial charge in [0.2, 0.25) is 0 Å². The summed E-state index contributed by atoms with van der Waals surface area (Å²) < 4.78 is 49.7. The summed E-state index contributed by atoms with van der Waals surface area (Å²) in [6, 6.07) is 5.57. The van der Waals surface area contributed by atoms with Gasteiger partial charge in [-0.05, 0) is 19.1 Å². The maximum atomic E-state index is 13.4. The second-order valence-electron chi connectivity index (χ2n) is 4.79. The standard InChI is InChI=1S/C15H20F4N4O.HI/c1-2-20-14(22-8-7-15(17,18)19)23-10-9-21-13(24)11-5-3-4-6-12(11)16;/h3-6H,2,7-10H2,1H3,(H,21,24)(H2,20,22,23);1H. The van der Waals surface area contributed by atoms with Crippen LogP contribution in [0, 0.1) is 5.82 Å². The van der Waals surface area contributed by atoms with Gasteiger partial charge in [0, 0.05) is 19.6 Å². The monoisotopic (exact) mass is 476 g/mol. The molecule has 0 heterocycles. The Morgan fingerprint density at radius 2 is 1.76 bits per heavy atom. The van der Waals surface area contributed by atoms with Gasteiger partial charge in [-0.1, -0.05) is 12.1 Å². The molecule has 1 aromatic rings. The molecule has 0 aliphatic rings. The van der Waals surface area contributed by atoms with Crippen LogP contribution in [-0.4, -0.2) is 44.2 Å². The second kappa shape index (κ2) is 11.9. The van der Waals surface area contributed by atoms with E-state index in [-0.39, 0.29) is 55.1 Å². The molecule has 0 radical (unpaired) electrons. The fraction of sp³-hybridized carbons (Fsp3) is 0.467. The summed E-state index contributed by atoms with van der Waals surface area (Å²) in [6.07, 6.45) is -5.26. The molecule has 0 bridgehead atoms. The number of guanidine groups is 1. The molecule has 0 aliphatic carbocycles. The minimum atomic E-state index is -4.26. The first-order valence-corrected chi connectivity index (χ1v) is 7.45. The Morgan fingerprint density at radius 1 is 1.12 bits per heavy atom. The second-order valence-corrected chi connectivity index (χ2v) is 4.79. The molecular formula is C15H21F4IN4O. The first-order chi connectivity index (χ1) is 11.3. The third-order valence-electron chi connectivity index (χ3n) is 2.83. The Morgan fingerprint density at radius 3 is 2.36 bits per heavy atom. The Balaban J connectivity index is 0.00000576. The van der Waals surface area contributed by atoms with Crippen molar-refractivity contribution in [3.63, 3.8) is 0 Å². The lowest BCUT2D eigenvalue weighted by Gasteiger charge is -2.12. The molecular weight excluding hydrogens is 455 g/mol. The zero-order chi connectivity index (χ0) is 18.0. The van der Waals surface area contributed by atoms with E-state index < -0.39 is 24.3 Å². The molecule has 0 spiro atoms. The highest BCUT2D eigenvalue weighted by Gasteiger charge is 2.26. The van der Waals surface area contributed by atoms with Gasteiger partial charge >= 0.3 is 6.18 Å². The van der Waals surface area contributed by atoms with E-state index in [1.54, 1.807) is 13.0 Å². The number of amides is 1. The molecule has 5 nitrogen and oxygen atoms in total. The summed E-state index contributed by atoms with van der Waals surface area (Å²) in [7, 11) is 0. The number of benzene rings is 1. The van der Waals surface area contributed by atoms with Gasteiger partial charge in [-0.15, -0.1) is 24.0 Å². The summed E-state index contributed by atoms with van der Waals surface area (Å²) in [5.41, 5.74) is -0.0664. The molecule has 1 aromatic carbocycles. The van der Waals surface area contributed by atoms with Gasteiger partial charge in [-0.25, -0.2) is 4.39 Å². The van der Waals surface area contributed by atoms with Crippen LogP contribution in [0.4, 0.5) is 17.6 Å². The highest BCUT2D eigenvalue weighted by atomic mass is 127. The largest absolute Gasteiger partial charge is 0.390 e. The van der Waals surface area contributed by atoms with Crippen molar-refractivity contribution in [2.24, 2.45) is 4.99 Å². The molecule has 3 N–H and O–H groups in total. The maximum absolute atomic E-state index is 13.4. The number of hydrogen-bond donors (Lipinski definition) is 3. The summed E-state index contributed by atoms with van der Waals surface area (Å²) in [4.78, 5) is 15.6. The number of halogens is 5. The van der Waals surface area contributed by atoms with Crippen molar-refractivity contribution in [1.82, 2.24) is 16.0 Å². The Labute approximate surface area is 160 Å². The third-order valence-corrected chi connectivity index (χ3v) is 2.83. The van der Waals surface area contributed by atoms with Gasteiger partial charge in [0.15, 0.2) is 5.96 Å². The molecule has 25 heavy (non-hydrogen) atoms.